The van der Waals surface area contributed by atoms with E-state index in [9.17, 15) is 0 Å². The van der Waals surface area contributed by atoms with E-state index in [0.29, 0.717) is 34.5 Å². The highest BCUT2D eigenvalue weighted by atomic mass is 16.5. The summed E-state index contributed by atoms with van der Waals surface area (Å²) < 4.78 is 35.4. The Bertz CT molecular complexity index is 1570. The van der Waals surface area contributed by atoms with Gasteiger partial charge in [-0.05, 0) is 41.7 Å². The molecule has 6 heteroatoms. The zero-order chi connectivity index (χ0) is 34.1. The summed E-state index contributed by atoms with van der Waals surface area (Å²) in [7, 11) is 0. The lowest BCUT2D eigenvalue weighted by Gasteiger charge is -2.40. The van der Waals surface area contributed by atoms with Gasteiger partial charge < -0.3 is 28.4 Å². The van der Waals surface area contributed by atoms with Gasteiger partial charge in [0.1, 0.15) is 39.6 Å². The smallest absolute Gasteiger partial charge is 0.204 e. The number of hydrogen-bond donors (Lipinski definition) is 0. The SMILES string of the molecule is C#CCOc1ccc(C(C)CC(C)C(C)(C)C(C)c2ccc(OCC#C)c(OCC#C)c2OCC#C)c(OCC#C)c1OCC#C. The molecule has 0 aliphatic heterocycles. The Morgan fingerprint density at radius 3 is 1.28 bits per heavy atom. The molecule has 2 aromatic carbocycles. The quantitative estimate of drug-likeness (QED) is 0.173. The third kappa shape index (κ3) is 9.30. The molecule has 2 rings (SSSR count). The third-order valence-electron chi connectivity index (χ3n) is 8.12. The number of rotatable bonds is 18. The van der Waals surface area contributed by atoms with Crippen LogP contribution in [0.1, 0.15) is 64.0 Å². The van der Waals surface area contributed by atoms with E-state index in [-0.39, 0.29) is 62.8 Å². The molecule has 0 N–H and O–H groups in total. The van der Waals surface area contributed by atoms with Gasteiger partial charge in [0.25, 0.3) is 0 Å². The van der Waals surface area contributed by atoms with Gasteiger partial charge in [0.15, 0.2) is 23.0 Å². The molecule has 2 aromatic rings. The Balaban J connectivity index is 2.53. The van der Waals surface area contributed by atoms with Crippen molar-refractivity contribution < 1.29 is 28.4 Å². The fourth-order valence-corrected chi connectivity index (χ4v) is 5.13. The molecule has 3 unspecified atom stereocenters. The molecule has 0 aromatic heterocycles. The average molecular weight is 619 g/mol. The second-order valence-corrected chi connectivity index (χ2v) is 11.2. The van der Waals surface area contributed by atoms with E-state index in [1.54, 1.807) is 0 Å². The minimum atomic E-state index is -0.258. The van der Waals surface area contributed by atoms with E-state index < -0.39 is 0 Å². The Kier molecular flexibility index (Phi) is 14.7. The van der Waals surface area contributed by atoms with Crippen molar-refractivity contribution in [2.24, 2.45) is 11.3 Å². The maximum Gasteiger partial charge on any atom is 0.204 e. The number of benzene rings is 2. The first-order chi connectivity index (χ1) is 22.1. The first kappa shape index (κ1) is 36.8. The summed E-state index contributed by atoms with van der Waals surface area (Å²) >= 11 is 0. The lowest BCUT2D eigenvalue weighted by Crippen LogP contribution is -2.29. The predicted molar refractivity (Wildman–Crippen MR) is 183 cm³/mol. The van der Waals surface area contributed by atoms with Crippen LogP contribution in [-0.2, 0) is 0 Å². The Morgan fingerprint density at radius 2 is 0.870 bits per heavy atom. The maximum absolute atomic E-state index is 6.07. The van der Waals surface area contributed by atoms with Gasteiger partial charge in [0, 0.05) is 11.1 Å². The van der Waals surface area contributed by atoms with Crippen molar-refractivity contribution in [1.82, 2.24) is 0 Å². The van der Waals surface area contributed by atoms with Crippen LogP contribution in [-0.4, -0.2) is 39.6 Å². The van der Waals surface area contributed by atoms with Crippen LogP contribution >= 0.6 is 0 Å². The van der Waals surface area contributed by atoms with E-state index in [4.69, 9.17) is 67.0 Å². The zero-order valence-electron chi connectivity index (χ0n) is 27.4. The third-order valence-corrected chi connectivity index (χ3v) is 8.12. The van der Waals surface area contributed by atoms with Crippen molar-refractivity contribution in [1.29, 1.82) is 0 Å². The van der Waals surface area contributed by atoms with Crippen LogP contribution in [0.3, 0.4) is 0 Å². The van der Waals surface area contributed by atoms with Crippen LogP contribution < -0.4 is 28.4 Å². The van der Waals surface area contributed by atoms with E-state index in [1.165, 1.54) is 0 Å². The first-order valence-electron chi connectivity index (χ1n) is 14.8. The zero-order valence-corrected chi connectivity index (χ0v) is 27.4. The molecule has 238 valence electrons. The number of ether oxygens (including phenoxy) is 6. The average Bonchev–Trinajstić information content (AvgIpc) is 3.05. The molecule has 0 aliphatic carbocycles. The van der Waals surface area contributed by atoms with Gasteiger partial charge in [0.2, 0.25) is 11.5 Å². The van der Waals surface area contributed by atoms with Gasteiger partial charge in [-0.3, -0.25) is 0 Å². The van der Waals surface area contributed by atoms with Gasteiger partial charge in [-0.2, -0.15) is 0 Å². The summed E-state index contributed by atoms with van der Waals surface area (Å²) in [5.41, 5.74) is 1.55. The standard InChI is InChI=1S/C40H42O6/c1-12-22-41-34-20-18-32(36(43-24-14-3)38(34)45-26-16-5)29(7)28-30(8)40(10,11)31(9)33-19-21-35(42-23-13-2)39(46-27-17-6)37(33)44-25-15-4/h1-6,18-21,29-31H,22-28H2,7-11H3. The molecule has 0 heterocycles. The fourth-order valence-electron chi connectivity index (χ4n) is 5.13. The van der Waals surface area contributed by atoms with Gasteiger partial charge in [-0.25, -0.2) is 0 Å². The van der Waals surface area contributed by atoms with Gasteiger partial charge in [-0.15, -0.1) is 38.5 Å². The van der Waals surface area contributed by atoms with Crippen molar-refractivity contribution in [3.63, 3.8) is 0 Å². The van der Waals surface area contributed by atoms with Crippen LogP contribution in [0.5, 0.6) is 34.5 Å². The molecule has 3 atom stereocenters. The summed E-state index contributed by atoms with van der Waals surface area (Å²) in [4.78, 5) is 0. The second-order valence-electron chi connectivity index (χ2n) is 11.2. The van der Waals surface area contributed by atoms with Gasteiger partial charge in [0.05, 0.1) is 0 Å². The highest BCUT2D eigenvalue weighted by molar-refractivity contribution is 5.58. The summed E-state index contributed by atoms with van der Waals surface area (Å²) in [5, 5.41) is 0. The largest absolute Gasteiger partial charge is 0.477 e. The van der Waals surface area contributed by atoms with Crippen molar-refractivity contribution in [2.45, 2.75) is 52.9 Å². The first-order valence-corrected chi connectivity index (χ1v) is 14.8. The molecule has 0 spiro atoms. The molecule has 0 amide bonds. The van der Waals surface area contributed by atoms with Crippen molar-refractivity contribution in [3.8, 4) is 109 Å². The van der Waals surface area contributed by atoms with E-state index in [1.807, 2.05) is 24.3 Å². The van der Waals surface area contributed by atoms with Crippen LogP contribution in [0, 0.1) is 85.4 Å². The lowest BCUT2D eigenvalue weighted by molar-refractivity contribution is 0.166. The van der Waals surface area contributed by atoms with E-state index in [2.05, 4.69) is 70.1 Å². The van der Waals surface area contributed by atoms with Crippen LogP contribution in [0.4, 0.5) is 0 Å². The lowest BCUT2D eigenvalue weighted by atomic mass is 9.65. The molecule has 0 radical (unpaired) electrons. The van der Waals surface area contributed by atoms with Crippen molar-refractivity contribution in [3.05, 3.63) is 35.4 Å². The van der Waals surface area contributed by atoms with Gasteiger partial charge >= 0.3 is 0 Å². The van der Waals surface area contributed by atoms with Crippen LogP contribution in [0.25, 0.3) is 0 Å². The molecule has 0 saturated carbocycles. The van der Waals surface area contributed by atoms with Gasteiger partial charge in [-0.1, -0.05) is 82.3 Å². The van der Waals surface area contributed by atoms with E-state index in [0.717, 1.165) is 17.5 Å². The normalized spacial score (nSPS) is 12.2. The summed E-state index contributed by atoms with van der Waals surface area (Å²) in [6, 6.07) is 7.54. The predicted octanol–water partition coefficient (Wildman–Crippen LogP) is 6.72. The number of hydrogen-bond acceptors (Lipinski definition) is 6. The topological polar surface area (TPSA) is 55.4 Å². The minimum Gasteiger partial charge on any atom is -0.477 e. The van der Waals surface area contributed by atoms with Crippen LogP contribution in [0.15, 0.2) is 24.3 Å². The molecule has 0 saturated heterocycles. The minimum absolute atomic E-state index is 0.0116. The molecule has 46 heavy (non-hydrogen) atoms. The van der Waals surface area contributed by atoms with Crippen molar-refractivity contribution in [2.75, 3.05) is 39.6 Å². The fraction of sp³-hybridized carbons (Fsp3) is 0.400. The van der Waals surface area contributed by atoms with Crippen molar-refractivity contribution >= 4 is 0 Å². The highest BCUT2D eigenvalue weighted by Gasteiger charge is 2.37. The highest BCUT2D eigenvalue weighted by Crippen LogP contribution is 2.52. The molecule has 0 aliphatic rings. The summed E-state index contributed by atoms with van der Waals surface area (Å²) in [6.07, 6.45) is 33.8. The summed E-state index contributed by atoms with van der Waals surface area (Å²) in [5.74, 6) is 17.7. The monoisotopic (exact) mass is 618 g/mol. The Hall–Kier alpha value is -5.40. The van der Waals surface area contributed by atoms with Crippen LogP contribution in [0.2, 0.25) is 0 Å². The second kappa shape index (κ2) is 18.4. The molecular formula is C40H42O6. The molecule has 6 nitrogen and oxygen atoms in total. The molecule has 0 bridgehead atoms. The molecule has 0 fully saturated rings. The maximum atomic E-state index is 6.07. The summed E-state index contributed by atoms with van der Waals surface area (Å²) in [6.45, 7) is 11.1. The number of terminal acetylenes is 6. The Labute approximate surface area is 275 Å². The van der Waals surface area contributed by atoms with E-state index >= 15 is 0 Å². The Morgan fingerprint density at radius 1 is 0.522 bits per heavy atom. The molecular weight excluding hydrogens is 576 g/mol.